The summed E-state index contributed by atoms with van der Waals surface area (Å²) >= 11 is 0. The molecular weight excluding hydrogens is 264 g/mol. The Hall–Kier alpha value is -3.01. The molecule has 1 aromatic heterocycles. The van der Waals surface area contributed by atoms with Crippen LogP contribution in [0.25, 0.3) is 22.4 Å². The molecule has 0 saturated carbocycles. The number of hydrogen-bond donors (Lipinski definition) is 0. The fourth-order valence-corrected chi connectivity index (χ4v) is 2.17. The van der Waals surface area contributed by atoms with Crippen molar-refractivity contribution in [2.75, 3.05) is 0 Å². The second-order valence-corrected chi connectivity index (χ2v) is 4.60. The maximum atomic E-state index is 10.7. The molecule has 3 aromatic rings. The SMILES string of the molecule is O=[N+]([O-])c1ccc(-c2cccc(-c3ccccn3)c2)cc1. The van der Waals surface area contributed by atoms with Crippen molar-refractivity contribution in [2.24, 2.45) is 0 Å². The van der Waals surface area contributed by atoms with Crippen LogP contribution in [-0.4, -0.2) is 9.91 Å². The van der Waals surface area contributed by atoms with Gasteiger partial charge in [-0.25, -0.2) is 0 Å². The molecule has 0 fully saturated rings. The second-order valence-electron chi connectivity index (χ2n) is 4.60. The van der Waals surface area contributed by atoms with Gasteiger partial charge in [0, 0.05) is 23.9 Å². The molecule has 21 heavy (non-hydrogen) atoms. The molecule has 3 rings (SSSR count). The minimum atomic E-state index is -0.395. The molecule has 0 spiro atoms. The lowest BCUT2D eigenvalue weighted by atomic mass is 10.0. The van der Waals surface area contributed by atoms with Crippen LogP contribution in [0.3, 0.4) is 0 Å². The minimum absolute atomic E-state index is 0.0969. The average molecular weight is 276 g/mol. The minimum Gasteiger partial charge on any atom is -0.258 e. The van der Waals surface area contributed by atoms with E-state index in [9.17, 15) is 10.1 Å². The fourth-order valence-electron chi connectivity index (χ4n) is 2.17. The van der Waals surface area contributed by atoms with Gasteiger partial charge in [0.05, 0.1) is 10.6 Å². The van der Waals surface area contributed by atoms with Crippen LogP contribution in [-0.2, 0) is 0 Å². The van der Waals surface area contributed by atoms with E-state index < -0.39 is 4.92 Å². The van der Waals surface area contributed by atoms with Gasteiger partial charge in [0.1, 0.15) is 0 Å². The van der Waals surface area contributed by atoms with Crippen LogP contribution in [0.4, 0.5) is 5.69 Å². The highest BCUT2D eigenvalue weighted by atomic mass is 16.6. The summed E-state index contributed by atoms with van der Waals surface area (Å²) in [6.45, 7) is 0. The molecule has 4 nitrogen and oxygen atoms in total. The Morgan fingerprint density at radius 3 is 2.24 bits per heavy atom. The van der Waals surface area contributed by atoms with Gasteiger partial charge in [-0.3, -0.25) is 15.1 Å². The molecule has 1 heterocycles. The zero-order valence-corrected chi connectivity index (χ0v) is 11.1. The molecule has 0 atom stereocenters. The van der Waals surface area contributed by atoms with Crippen LogP contribution in [0.15, 0.2) is 72.9 Å². The van der Waals surface area contributed by atoms with Crippen molar-refractivity contribution in [1.29, 1.82) is 0 Å². The van der Waals surface area contributed by atoms with Crippen LogP contribution in [0.1, 0.15) is 0 Å². The quantitative estimate of drug-likeness (QED) is 0.528. The molecule has 0 aliphatic heterocycles. The third-order valence-corrected chi connectivity index (χ3v) is 3.23. The third kappa shape index (κ3) is 2.79. The molecule has 0 radical (unpaired) electrons. The van der Waals surface area contributed by atoms with Crippen molar-refractivity contribution in [3.05, 3.63) is 83.0 Å². The highest BCUT2D eigenvalue weighted by Gasteiger charge is 2.06. The fraction of sp³-hybridized carbons (Fsp3) is 0. The Morgan fingerprint density at radius 2 is 1.57 bits per heavy atom. The Labute approximate surface area is 121 Å². The second kappa shape index (κ2) is 5.54. The lowest BCUT2D eigenvalue weighted by Crippen LogP contribution is -1.87. The first-order valence-corrected chi connectivity index (χ1v) is 6.50. The highest BCUT2D eigenvalue weighted by molar-refractivity contribution is 5.71. The van der Waals surface area contributed by atoms with Crippen molar-refractivity contribution in [3.63, 3.8) is 0 Å². The van der Waals surface area contributed by atoms with Crippen LogP contribution < -0.4 is 0 Å². The topological polar surface area (TPSA) is 56.0 Å². The maximum Gasteiger partial charge on any atom is 0.269 e. The summed E-state index contributed by atoms with van der Waals surface area (Å²) < 4.78 is 0. The molecule has 0 aliphatic rings. The molecular formula is C17H12N2O2. The Morgan fingerprint density at radius 1 is 0.810 bits per heavy atom. The van der Waals surface area contributed by atoms with Crippen molar-refractivity contribution >= 4 is 5.69 Å². The monoisotopic (exact) mass is 276 g/mol. The van der Waals surface area contributed by atoms with Crippen molar-refractivity contribution < 1.29 is 4.92 Å². The summed E-state index contributed by atoms with van der Waals surface area (Å²) in [5.41, 5.74) is 3.97. The van der Waals surface area contributed by atoms with Gasteiger partial charge in [-0.2, -0.15) is 0 Å². The van der Waals surface area contributed by atoms with Gasteiger partial charge in [-0.1, -0.05) is 24.3 Å². The predicted molar refractivity (Wildman–Crippen MR) is 81.8 cm³/mol. The van der Waals surface area contributed by atoms with E-state index in [1.165, 1.54) is 12.1 Å². The van der Waals surface area contributed by atoms with Gasteiger partial charge >= 0.3 is 0 Å². The van der Waals surface area contributed by atoms with Gasteiger partial charge in [0.15, 0.2) is 0 Å². The van der Waals surface area contributed by atoms with E-state index in [2.05, 4.69) is 4.98 Å². The summed E-state index contributed by atoms with van der Waals surface area (Å²) in [5.74, 6) is 0. The van der Waals surface area contributed by atoms with Gasteiger partial charge in [-0.05, 0) is 41.5 Å². The number of non-ortho nitro benzene ring substituents is 1. The standard InChI is InChI=1S/C17H12N2O2/c20-19(21)16-9-7-13(8-10-16)14-4-3-5-15(12-14)17-6-1-2-11-18-17/h1-12H. The number of nitrogens with zero attached hydrogens (tertiary/aromatic N) is 2. The van der Waals surface area contributed by atoms with E-state index in [1.54, 1.807) is 18.3 Å². The molecule has 0 amide bonds. The smallest absolute Gasteiger partial charge is 0.258 e. The van der Waals surface area contributed by atoms with Crippen LogP contribution in [0, 0.1) is 10.1 Å². The first kappa shape index (κ1) is 13.0. The first-order valence-electron chi connectivity index (χ1n) is 6.50. The number of rotatable bonds is 3. The van der Waals surface area contributed by atoms with Gasteiger partial charge in [-0.15, -0.1) is 0 Å². The first-order chi connectivity index (χ1) is 10.2. The molecule has 0 saturated heterocycles. The number of hydrogen-bond acceptors (Lipinski definition) is 3. The predicted octanol–water partition coefficient (Wildman–Crippen LogP) is 4.32. The van der Waals surface area contributed by atoms with Crippen LogP contribution >= 0.6 is 0 Å². The van der Waals surface area contributed by atoms with E-state index in [0.29, 0.717) is 0 Å². The number of benzene rings is 2. The Bertz CT molecular complexity index is 768. The highest BCUT2D eigenvalue weighted by Crippen LogP contribution is 2.26. The van der Waals surface area contributed by atoms with Crippen molar-refractivity contribution in [2.45, 2.75) is 0 Å². The summed E-state index contributed by atoms with van der Waals surface area (Å²) in [4.78, 5) is 14.6. The third-order valence-electron chi connectivity index (χ3n) is 3.23. The Kier molecular flexibility index (Phi) is 3.43. The molecule has 0 aliphatic carbocycles. The zero-order chi connectivity index (χ0) is 14.7. The lowest BCUT2D eigenvalue weighted by molar-refractivity contribution is -0.384. The van der Waals surface area contributed by atoms with E-state index in [1.807, 2.05) is 42.5 Å². The molecule has 4 heteroatoms. The number of nitro groups is 1. The van der Waals surface area contributed by atoms with E-state index >= 15 is 0 Å². The van der Waals surface area contributed by atoms with Gasteiger partial charge < -0.3 is 0 Å². The largest absolute Gasteiger partial charge is 0.269 e. The van der Waals surface area contributed by atoms with Crippen molar-refractivity contribution in [3.8, 4) is 22.4 Å². The van der Waals surface area contributed by atoms with Gasteiger partial charge in [0.2, 0.25) is 0 Å². The Balaban J connectivity index is 1.98. The summed E-state index contributed by atoms with van der Waals surface area (Å²) in [7, 11) is 0. The average Bonchev–Trinajstić information content (AvgIpc) is 2.56. The van der Waals surface area contributed by atoms with E-state index in [-0.39, 0.29) is 5.69 Å². The number of aromatic nitrogens is 1. The van der Waals surface area contributed by atoms with Gasteiger partial charge in [0.25, 0.3) is 5.69 Å². The number of nitro benzene ring substituents is 1. The lowest BCUT2D eigenvalue weighted by Gasteiger charge is -2.05. The molecule has 0 bridgehead atoms. The van der Waals surface area contributed by atoms with E-state index in [4.69, 9.17) is 0 Å². The molecule has 0 unspecified atom stereocenters. The summed E-state index contributed by atoms with van der Waals surface area (Å²) in [6, 6.07) is 20.3. The maximum absolute atomic E-state index is 10.7. The molecule has 0 N–H and O–H groups in total. The van der Waals surface area contributed by atoms with E-state index in [0.717, 1.165) is 22.4 Å². The zero-order valence-electron chi connectivity index (χ0n) is 11.1. The van der Waals surface area contributed by atoms with Crippen LogP contribution in [0.5, 0.6) is 0 Å². The molecule has 2 aromatic carbocycles. The van der Waals surface area contributed by atoms with Crippen LogP contribution in [0.2, 0.25) is 0 Å². The van der Waals surface area contributed by atoms with Crippen molar-refractivity contribution in [1.82, 2.24) is 4.98 Å². The summed E-state index contributed by atoms with van der Waals surface area (Å²) in [5, 5.41) is 10.7. The summed E-state index contributed by atoms with van der Waals surface area (Å²) in [6.07, 6.45) is 1.76. The molecule has 102 valence electrons. The number of pyridine rings is 1. The normalized spacial score (nSPS) is 10.3.